The lowest BCUT2D eigenvalue weighted by atomic mass is 10.2. The molecule has 3 nitrogen and oxygen atoms in total. The van der Waals surface area contributed by atoms with Gasteiger partial charge >= 0.3 is 0 Å². The Bertz CT molecular complexity index is 306. The highest BCUT2D eigenvalue weighted by Gasteiger charge is 2.12. The maximum absolute atomic E-state index is 5.82. The maximum atomic E-state index is 5.82. The molecular formula is C12H17BrO3. The van der Waals surface area contributed by atoms with Gasteiger partial charge in [0.2, 0.25) is 0 Å². The highest BCUT2D eigenvalue weighted by Crippen LogP contribution is 2.33. The van der Waals surface area contributed by atoms with Crippen LogP contribution in [0.5, 0.6) is 11.5 Å². The van der Waals surface area contributed by atoms with Gasteiger partial charge in [0.15, 0.2) is 11.5 Å². The van der Waals surface area contributed by atoms with E-state index in [4.69, 9.17) is 14.2 Å². The van der Waals surface area contributed by atoms with Gasteiger partial charge in [0.05, 0.1) is 13.7 Å². The summed E-state index contributed by atoms with van der Waals surface area (Å²) in [5.41, 5.74) is 1.07. The summed E-state index contributed by atoms with van der Waals surface area (Å²) in [5, 5.41) is 0.735. The molecule has 0 aromatic heterocycles. The Morgan fingerprint density at radius 3 is 2.62 bits per heavy atom. The number of hydrogen-bond donors (Lipinski definition) is 0. The summed E-state index contributed by atoms with van der Waals surface area (Å²) in [4.78, 5) is 0. The minimum Gasteiger partial charge on any atom is -0.493 e. The van der Waals surface area contributed by atoms with Crippen LogP contribution < -0.4 is 9.47 Å². The van der Waals surface area contributed by atoms with E-state index in [2.05, 4.69) is 15.9 Å². The van der Waals surface area contributed by atoms with Gasteiger partial charge in [-0.1, -0.05) is 28.1 Å². The summed E-state index contributed by atoms with van der Waals surface area (Å²) >= 11 is 3.43. The summed E-state index contributed by atoms with van der Waals surface area (Å²) < 4.78 is 16.1. The van der Waals surface area contributed by atoms with Crippen molar-refractivity contribution in [3.63, 3.8) is 0 Å². The molecule has 0 aliphatic carbocycles. The second-order valence-corrected chi connectivity index (χ2v) is 4.03. The molecule has 4 heteroatoms. The third-order valence-corrected chi connectivity index (χ3v) is 2.75. The summed E-state index contributed by atoms with van der Waals surface area (Å²) in [6, 6.07) is 5.84. The van der Waals surface area contributed by atoms with Gasteiger partial charge in [-0.3, -0.25) is 0 Å². The molecule has 0 N–H and O–H groups in total. The molecule has 0 spiro atoms. The Morgan fingerprint density at radius 2 is 2.06 bits per heavy atom. The van der Waals surface area contributed by atoms with Crippen molar-refractivity contribution >= 4 is 15.9 Å². The minimum absolute atomic E-state index is 0.000833. The summed E-state index contributed by atoms with van der Waals surface area (Å²) in [6.45, 7) is 2.52. The number of halogens is 1. The van der Waals surface area contributed by atoms with Crippen LogP contribution in [0.2, 0.25) is 0 Å². The second-order valence-electron chi connectivity index (χ2n) is 3.47. The Kier molecular flexibility index (Phi) is 5.63. The normalized spacial score (nSPS) is 12.2. The number of alkyl halides is 1. The molecule has 1 aromatic rings. The van der Waals surface area contributed by atoms with Crippen LogP contribution in [-0.2, 0) is 10.1 Å². The second kappa shape index (κ2) is 6.76. The van der Waals surface area contributed by atoms with Crippen molar-refractivity contribution in [2.75, 3.05) is 20.8 Å². The molecule has 0 bridgehead atoms. The molecule has 0 saturated carbocycles. The van der Waals surface area contributed by atoms with E-state index in [0.717, 1.165) is 22.4 Å². The Hall–Kier alpha value is -0.740. The molecule has 0 saturated heterocycles. The van der Waals surface area contributed by atoms with Crippen molar-refractivity contribution in [2.45, 2.75) is 18.4 Å². The smallest absolute Gasteiger partial charge is 0.165 e. The van der Waals surface area contributed by atoms with E-state index in [9.17, 15) is 0 Å². The fourth-order valence-electron chi connectivity index (χ4n) is 1.43. The summed E-state index contributed by atoms with van der Waals surface area (Å²) in [5.74, 6) is 1.53. The molecule has 90 valence electrons. The van der Waals surface area contributed by atoms with E-state index < -0.39 is 0 Å². The molecule has 1 aromatic carbocycles. The minimum atomic E-state index is -0.000833. The van der Waals surface area contributed by atoms with Gasteiger partial charge in [0.25, 0.3) is 0 Å². The van der Waals surface area contributed by atoms with E-state index in [1.54, 1.807) is 14.2 Å². The van der Waals surface area contributed by atoms with Crippen LogP contribution in [0.15, 0.2) is 18.2 Å². The highest BCUT2D eigenvalue weighted by molar-refractivity contribution is 9.08. The topological polar surface area (TPSA) is 27.7 Å². The lowest BCUT2D eigenvalue weighted by molar-refractivity contribution is 0.0894. The van der Waals surface area contributed by atoms with E-state index in [-0.39, 0.29) is 6.10 Å². The zero-order valence-electron chi connectivity index (χ0n) is 9.83. The van der Waals surface area contributed by atoms with Crippen molar-refractivity contribution in [1.82, 2.24) is 0 Å². The molecule has 16 heavy (non-hydrogen) atoms. The van der Waals surface area contributed by atoms with E-state index in [1.807, 2.05) is 25.1 Å². The summed E-state index contributed by atoms with van der Waals surface area (Å²) in [7, 11) is 3.30. The first kappa shape index (κ1) is 13.3. The van der Waals surface area contributed by atoms with E-state index in [1.165, 1.54) is 0 Å². The Labute approximate surface area is 105 Å². The van der Waals surface area contributed by atoms with Crippen LogP contribution in [0, 0.1) is 0 Å². The first-order valence-corrected chi connectivity index (χ1v) is 6.22. The third kappa shape index (κ3) is 3.39. The van der Waals surface area contributed by atoms with Crippen LogP contribution in [0.1, 0.15) is 12.5 Å². The van der Waals surface area contributed by atoms with Crippen molar-refractivity contribution in [2.24, 2.45) is 0 Å². The van der Waals surface area contributed by atoms with Gasteiger partial charge in [0.1, 0.15) is 6.10 Å². The number of ether oxygens (including phenoxy) is 3. The molecule has 1 unspecified atom stereocenters. The third-order valence-electron chi connectivity index (χ3n) is 2.14. The predicted molar refractivity (Wildman–Crippen MR) is 67.6 cm³/mol. The molecular weight excluding hydrogens is 272 g/mol. The summed E-state index contributed by atoms with van der Waals surface area (Å²) in [6.07, 6.45) is -0.000833. The zero-order valence-corrected chi connectivity index (χ0v) is 11.4. The lowest BCUT2D eigenvalue weighted by Crippen LogP contribution is -2.19. The monoisotopic (exact) mass is 288 g/mol. The highest BCUT2D eigenvalue weighted by atomic mass is 79.9. The first-order chi connectivity index (χ1) is 7.72. The molecule has 1 atom stereocenters. The van der Waals surface area contributed by atoms with Crippen LogP contribution in [0.25, 0.3) is 0 Å². The number of methoxy groups -OCH3 is 2. The molecule has 1 rings (SSSR count). The number of para-hydroxylation sites is 1. The zero-order chi connectivity index (χ0) is 12.0. The van der Waals surface area contributed by atoms with Gasteiger partial charge < -0.3 is 14.2 Å². The molecule has 0 heterocycles. The molecule has 0 fully saturated rings. The average Bonchev–Trinajstić information content (AvgIpc) is 2.29. The predicted octanol–water partition coefficient (Wildman–Crippen LogP) is 3.00. The number of rotatable bonds is 6. The van der Waals surface area contributed by atoms with Crippen molar-refractivity contribution in [1.29, 1.82) is 0 Å². The van der Waals surface area contributed by atoms with Gasteiger partial charge in [-0.15, -0.1) is 0 Å². The van der Waals surface area contributed by atoms with Gasteiger partial charge in [-0.05, 0) is 13.0 Å². The lowest BCUT2D eigenvalue weighted by Gasteiger charge is -2.18. The van der Waals surface area contributed by atoms with E-state index in [0.29, 0.717) is 6.61 Å². The van der Waals surface area contributed by atoms with Gasteiger partial charge in [0, 0.05) is 18.0 Å². The fourth-order valence-corrected chi connectivity index (χ4v) is 1.87. The maximum Gasteiger partial charge on any atom is 0.165 e. The van der Waals surface area contributed by atoms with Crippen LogP contribution in [-0.4, -0.2) is 26.9 Å². The Balaban J connectivity index is 2.90. The van der Waals surface area contributed by atoms with Crippen LogP contribution in [0.3, 0.4) is 0 Å². The number of benzene rings is 1. The standard InChI is InChI=1S/C12H17BrO3/c1-9(8-14-2)16-12-10(7-13)5-4-6-11(12)15-3/h4-6,9H,7-8H2,1-3H3. The fraction of sp³-hybridized carbons (Fsp3) is 0.500. The molecule has 0 amide bonds. The van der Waals surface area contributed by atoms with Crippen LogP contribution >= 0.6 is 15.9 Å². The van der Waals surface area contributed by atoms with Crippen molar-refractivity contribution in [3.8, 4) is 11.5 Å². The SMILES string of the molecule is COCC(C)Oc1c(CBr)cccc1OC. The molecule has 0 aliphatic rings. The van der Waals surface area contributed by atoms with Gasteiger partial charge in [-0.2, -0.15) is 0 Å². The van der Waals surface area contributed by atoms with Crippen molar-refractivity contribution < 1.29 is 14.2 Å². The average molecular weight is 289 g/mol. The van der Waals surface area contributed by atoms with Gasteiger partial charge in [-0.25, -0.2) is 0 Å². The largest absolute Gasteiger partial charge is 0.493 e. The molecule has 0 radical (unpaired) electrons. The van der Waals surface area contributed by atoms with Crippen LogP contribution in [0.4, 0.5) is 0 Å². The number of hydrogen-bond acceptors (Lipinski definition) is 3. The quantitative estimate of drug-likeness (QED) is 0.753. The Morgan fingerprint density at radius 1 is 1.31 bits per heavy atom. The van der Waals surface area contributed by atoms with Crippen molar-refractivity contribution in [3.05, 3.63) is 23.8 Å². The van der Waals surface area contributed by atoms with E-state index >= 15 is 0 Å². The molecule has 0 aliphatic heterocycles. The first-order valence-electron chi connectivity index (χ1n) is 5.10.